The first-order valence-electron chi connectivity index (χ1n) is 9.83. The Morgan fingerprint density at radius 2 is 1.66 bits per heavy atom. The van der Waals surface area contributed by atoms with Crippen molar-refractivity contribution in [3.8, 4) is 28.4 Å². The minimum atomic E-state index is -2.50. The Morgan fingerprint density at radius 3 is 2.31 bits per heavy atom. The van der Waals surface area contributed by atoms with Crippen LogP contribution in [0.15, 0.2) is 48.5 Å². The van der Waals surface area contributed by atoms with Crippen LogP contribution in [-0.2, 0) is 0 Å². The summed E-state index contributed by atoms with van der Waals surface area (Å²) in [6, 6.07) is 15.3. The van der Waals surface area contributed by atoms with Gasteiger partial charge in [0.2, 0.25) is 5.92 Å². The molecule has 0 unspecified atom stereocenters. The first-order chi connectivity index (χ1) is 13.9. The maximum Gasteiger partial charge on any atom is 0.248 e. The molecule has 1 aliphatic carbocycles. The highest BCUT2D eigenvalue weighted by Crippen LogP contribution is 2.36. The molecule has 29 heavy (non-hydrogen) atoms. The zero-order valence-corrected chi connectivity index (χ0v) is 17.0. The van der Waals surface area contributed by atoms with Gasteiger partial charge >= 0.3 is 0 Å². The number of alkyl halides is 2. The van der Waals surface area contributed by atoms with Crippen LogP contribution in [-0.4, -0.2) is 22.5 Å². The molecule has 1 fully saturated rings. The van der Waals surface area contributed by atoms with Crippen LogP contribution in [0.3, 0.4) is 0 Å². The van der Waals surface area contributed by atoms with Gasteiger partial charge in [0, 0.05) is 34.7 Å². The van der Waals surface area contributed by atoms with Crippen LogP contribution >= 0.6 is 11.6 Å². The standard InChI is InChI=1S/C23H23ClF2N2O/c1-15-21(17-2-6-19(24)7-3-17)28-22(27-15)18-4-8-20(9-5-18)29-14-16-10-12-23(25,26)13-11-16/h2-9,16H,10-14H2,1H3,(H,27,28). The predicted octanol–water partition coefficient (Wildman–Crippen LogP) is 6.91. The number of aryl methyl sites for hydroxylation is 1. The van der Waals surface area contributed by atoms with Crippen molar-refractivity contribution in [2.24, 2.45) is 5.92 Å². The number of aromatic amines is 1. The normalized spacial score (nSPS) is 16.7. The molecule has 152 valence electrons. The summed E-state index contributed by atoms with van der Waals surface area (Å²) in [5, 5.41) is 0.694. The van der Waals surface area contributed by atoms with Crippen LogP contribution in [0.1, 0.15) is 31.4 Å². The number of halogens is 3. The van der Waals surface area contributed by atoms with Crippen molar-refractivity contribution in [2.45, 2.75) is 38.5 Å². The Bertz CT molecular complexity index is 958. The molecule has 1 aromatic heterocycles. The lowest BCUT2D eigenvalue weighted by molar-refractivity contribution is -0.0498. The van der Waals surface area contributed by atoms with Gasteiger partial charge in [-0.1, -0.05) is 23.7 Å². The van der Waals surface area contributed by atoms with Gasteiger partial charge < -0.3 is 9.72 Å². The van der Waals surface area contributed by atoms with Gasteiger partial charge in [-0.3, -0.25) is 0 Å². The molecule has 3 nitrogen and oxygen atoms in total. The van der Waals surface area contributed by atoms with E-state index in [-0.39, 0.29) is 18.8 Å². The minimum absolute atomic E-state index is 0.0340. The third-order valence-electron chi connectivity index (χ3n) is 5.45. The molecular weight excluding hydrogens is 394 g/mol. The van der Waals surface area contributed by atoms with E-state index >= 15 is 0 Å². The molecule has 0 saturated heterocycles. The molecule has 0 aliphatic heterocycles. The molecule has 6 heteroatoms. The summed E-state index contributed by atoms with van der Waals surface area (Å²) < 4.78 is 32.3. The molecule has 0 atom stereocenters. The van der Waals surface area contributed by atoms with Crippen molar-refractivity contribution in [1.82, 2.24) is 9.97 Å². The quantitative estimate of drug-likeness (QED) is 0.490. The van der Waals surface area contributed by atoms with E-state index < -0.39 is 5.92 Å². The van der Waals surface area contributed by atoms with Crippen molar-refractivity contribution in [2.75, 3.05) is 6.61 Å². The number of nitrogens with one attached hydrogen (secondary N) is 1. The summed E-state index contributed by atoms with van der Waals surface area (Å²) in [6.07, 6.45) is 0.968. The molecule has 1 saturated carbocycles. The van der Waals surface area contributed by atoms with Gasteiger partial charge in [0.25, 0.3) is 0 Å². The van der Waals surface area contributed by atoms with Crippen LogP contribution in [0.2, 0.25) is 5.02 Å². The first kappa shape index (κ1) is 19.9. The van der Waals surface area contributed by atoms with Gasteiger partial charge in [-0.2, -0.15) is 0 Å². The van der Waals surface area contributed by atoms with Gasteiger partial charge in [0.1, 0.15) is 11.6 Å². The van der Waals surface area contributed by atoms with Gasteiger partial charge in [0.15, 0.2) is 0 Å². The maximum absolute atomic E-state index is 13.2. The van der Waals surface area contributed by atoms with Crippen molar-refractivity contribution < 1.29 is 13.5 Å². The SMILES string of the molecule is Cc1[nH]c(-c2ccc(OCC3CCC(F)(F)CC3)cc2)nc1-c1ccc(Cl)cc1. The highest BCUT2D eigenvalue weighted by atomic mass is 35.5. The van der Waals surface area contributed by atoms with E-state index in [1.807, 2.05) is 55.5 Å². The van der Waals surface area contributed by atoms with Crippen LogP contribution in [0.25, 0.3) is 22.6 Å². The van der Waals surface area contributed by atoms with E-state index in [9.17, 15) is 8.78 Å². The zero-order valence-electron chi connectivity index (χ0n) is 16.2. The average molecular weight is 417 g/mol. The lowest BCUT2D eigenvalue weighted by atomic mass is 9.87. The summed E-state index contributed by atoms with van der Waals surface area (Å²) in [4.78, 5) is 8.06. The molecule has 1 aliphatic rings. The molecule has 4 rings (SSSR count). The Kier molecular flexibility index (Phi) is 5.59. The fourth-order valence-corrected chi connectivity index (χ4v) is 3.80. The van der Waals surface area contributed by atoms with E-state index in [1.54, 1.807) is 0 Å². The second-order valence-corrected chi connectivity index (χ2v) is 8.14. The van der Waals surface area contributed by atoms with E-state index in [4.69, 9.17) is 21.3 Å². The lowest BCUT2D eigenvalue weighted by Gasteiger charge is -2.28. The monoisotopic (exact) mass is 416 g/mol. The van der Waals surface area contributed by atoms with Gasteiger partial charge in [-0.05, 0) is 62.1 Å². The summed E-state index contributed by atoms with van der Waals surface area (Å²) in [6.45, 7) is 2.47. The molecule has 0 radical (unpaired) electrons. The highest BCUT2D eigenvalue weighted by molar-refractivity contribution is 6.30. The first-order valence-corrected chi connectivity index (χ1v) is 10.2. The number of hydrogen-bond acceptors (Lipinski definition) is 2. The Labute approximate surface area is 174 Å². The van der Waals surface area contributed by atoms with E-state index in [0.29, 0.717) is 24.5 Å². The summed E-state index contributed by atoms with van der Waals surface area (Å²) in [7, 11) is 0. The van der Waals surface area contributed by atoms with E-state index in [2.05, 4.69) is 4.98 Å². The second kappa shape index (κ2) is 8.15. The second-order valence-electron chi connectivity index (χ2n) is 7.70. The number of imidazole rings is 1. The van der Waals surface area contributed by atoms with E-state index in [1.165, 1.54) is 0 Å². The third kappa shape index (κ3) is 4.78. The van der Waals surface area contributed by atoms with Gasteiger partial charge in [-0.15, -0.1) is 0 Å². The molecule has 0 spiro atoms. The Morgan fingerprint density at radius 1 is 1.03 bits per heavy atom. The molecular formula is C23H23ClF2N2O. The molecule has 0 amide bonds. The summed E-state index contributed by atoms with van der Waals surface area (Å²) in [5.41, 5.74) is 3.84. The van der Waals surface area contributed by atoms with Crippen molar-refractivity contribution in [3.05, 3.63) is 59.2 Å². The Balaban J connectivity index is 1.40. The molecule has 3 aromatic rings. The molecule has 0 bridgehead atoms. The smallest absolute Gasteiger partial charge is 0.248 e. The fraction of sp³-hybridized carbons (Fsp3) is 0.348. The topological polar surface area (TPSA) is 37.9 Å². The maximum atomic E-state index is 13.2. The van der Waals surface area contributed by atoms with Crippen LogP contribution < -0.4 is 4.74 Å². The fourth-order valence-electron chi connectivity index (χ4n) is 3.68. The summed E-state index contributed by atoms with van der Waals surface area (Å²) >= 11 is 5.97. The largest absolute Gasteiger partial charge is 0.493 e. The summed E-state index contributed by atoms with van der Waals surface area (Å²) in [5.74, 6) is -0.769. The number of rotatable bonds is 5. The molecule has 1 N–H and O–H groups in total. The van der Waals surface area contributed by atoms with Crippen molar-refractivity contribution in [3.63, 3.8) is 0 Å². The number of benzene rings is 2. The Hall–Kier alpha value is -2.40. The van der Waals surface area contributed by atoms with Crippen LogP contribution in [0, 0.1) is 12.8 Å². The molecule has 1 heterocycles. The van der Waals surface area contributed by atoms with Gasteiger partial charge in [0.05, 0.1) is 12.3 Å². The van der Waals surface area contributed by atoms with Gasteiger partial charge in [-0.25, -0.2) is 13.8 Å². The van der Waals surface area contributed by atoms with Crippen LogP contribution in [0.5, 0.6) is 5.75 Å². The van der Waals surface area contributed by atoms with E-state index in [0.717, 1.165) is 34.1 Å². The number of aromatic nitrogens is 2. The number of nitrogens with zero attached hydrogens (tertiary/aromatic N) is 1. The van der Waals surface area contributed by atoms with Crippen molar-refractivity contribution in [1.29, 1.82) is 0 Å². The number of ether oxygens (including phenoxy) is 1. The lowest BCUT2D eigenvalue weighted by Crippen LogP contribution is -2.27. The highest BCUT2D eigenvalue weighted by Gasteiger charge is 2.35. The van der Waals surface area contributed by atoms with Crippen LogP contribution in [0.4, 0.5) is 8.78 Å². The third-order valence-corrected chi connectivity index (χ3v) is 5.70. The molecule has 2 aromatic carbocycles. The number of H-pyrrole nitrogens is 1. The van der Waals surface area contributed by atoms with Crippen molar-refractivity contribution >= 4 is 11.6 Å². The zero-order chi connectivity index (χ0) is 20.4. The minimum Gasteiger partial charge on any atom is -0.493 e. The average Bonchev–Trinajstić information content (AvgIpc) is 3.10. The predicted molar refractivity (Wildman–Crippen MR) is 112 cm³/mol. The number of hydrogen-bond donors (Lipinski definition) is 1.